The van der Waals surface area contributed by atoms with E-state index in [0.29, 0.717) is 11.6 Å². The van der Waals surface area contributed by atoms with Gasteiger partial charge in [0.15, 0.2) is 17.5 Å². The lowest BCUT2D eigenvalue weighted by molar-refractivity contribution is 0.764. The monoisotopic (exact) mass is 659 g/mol. The van der Waals surface area contributed by atoms with Gasteiger partial charge < -0.3 is 0 Å². The molecule has 238 valence electrons. The predicted molar refractivity (Wildman–Crippen MR) is 211 cm³/mol. The normalized spacial score (nSPS) is 14.5. The van der Waals surface area contributed by atoms with E-state index in [2.05, 4.69) is 134 Å². The van der Waals surface area contributed by atoms with E-state index in [1.807, 2.05) is 47.7 Å². The molecule has 0 saturated heterocycles. The van der Waals surface area contributed by atoms with Crippen molar-refractivity contribution in [3.8, 4) is 45.0 Å². The summed E-state index contributed by atoms with van der Waals surface area (Å²) in [5.74, 6) is 2.41. The van der Waals surface area contributed by atoms with Crippen LogP contribution >= 0.6 is 11.3 Å². The topological polar surface area (TPSA) is 38.7 Å². The summed E-state index contributed by atoms with van der Waals surface area (Å²) in [7, 11) is 0. The third kappa shape index (κ3) is 5.54. The molecule has 50 heavy (non-hydrogen) atoms. The summed E-state index contributed by atoms with van der Waals surface area (Å²) in [5.41, 5.74) is 10.7. The zero-order chi connectivity index (χ0) is 33.4. The first kappa shape index (κ1) is 30.1. The largest absolute Gasteiger partial charge is 0.209 e. The second kappa shape index (κ2) is 12.8. The fraction of sp³-hybridized carbons (Fsp3) is 0.0652. The van der Waals surface area contributed by atoms with Gasteiger partial charge in [0.05, 0.1) is 0 Å². The second-order valence-corrected chi connectivity index (χ2v) is 13.9. The Morgan fingerprint density at radius 3 is 1.52 bits per heavy atom. The molecule has 0 bridgehead atoms. The van der Waals surface area contributed by atoms with Crippen LogP contribution in [-0.2, 0) is 0 Å². The summed E-state index contributed by atoms with van der Waals surface area (Å²) < 4.78 is 2.66. The van der Waals surface area contributed by atoms with Crippen LogP contribution < -0.4 is 0 Å². The first-order valence-electron chi connectivity index (χ1n) is 17.1. The number of allylic oxidation sites excluding steroid dienone is 4. The summed E-state index contributed by atoms with van der Waals surface area (Å²) in [6, 6.07) is 53.5. The smallest absolute Gasteiger partial charge is 0.164 e. The molecular formula is C46H33N3S. The van der Waals surface area contributed by atoms with Crippen LogP contribution in [0, 0.1) is 5.92 Å². The lowest BCUT2D eigenvalue weighted by Crippen LogP contribution is -2.09. The lowest BCUT2D eigenvalue weighted by atomic mass is 9.83. The number of hydrogen-bond acceptors (Lipinski definition) is 4. The molecule has 8 aromatic rings. The highest BCUT2D eigenvalue weighted by Crippen LogP contribution is 2.44. The van der Waals surface area contributed by atoms with E-state index in [-0.39, 0.29) is 5.92 Å². The molecule has 1 aliphatic carbocycles. The molecule has 0 fully saturated rings. The van der Waals surface area contributed by atoms with Gasteiger partial charge in [0.25, 0.3) is 0 Å². The standard InChI is InChI=1S/C46H33N3S/c1-30-28-36(46-48-44(32-16-7-3-8-17-32)47-45(49-46)33-18-9-4-10-19-33)26-27-37(30)34-20-11-21-35(29-34)39-23-13-25-41-40-24-12-22-38(42(40)50-43(39)41)31-14-5-2-6-15-31/h2-27,29-30H,28H2,1H3. The maximum Gasteiger partial charge on any atom is 0.164 e. The minimum Gasteiger partial charge on any atom is -0.209 e. The number of aromatic nitrogens is 3. The van der Waals surface area contributed by atoms with Crippen LogP contribution in [0.4, 0.5) is 0 Å². The van der Waals surface area contributed by atoms with Crippen LogP contribution in [0.1, 0.15) is 24.7 Å². The van der Waals surface area contributed by atoms with E-state index in [1.54, 1.807) is 0 Å². The van der Waals surface area contributed by atoms with Crippen molar-refractivity contribution in [1.82, 2.24) is 15.0 Å². The van der Waals surface area contributed by atoms with Crippen LogP contribution in [0.5, 0.6) is 0 Å². The molecule has 2 aromatic heterocycles. The summed E-state index contributed by atoms with van der Waals surface area (Å²) in [6.45, 7) is 2.31. The Bertz CT molecular complexity index is 2510. The van der Waals surface area contributed by atoms with E-state index < -0.39 is 0 Å². The van der Waals surface area contributed by atoms with Crippen LogP contribution in [0.15, 0.2) is 164 Å². The Morgan fingerprint density at radius 1 is 0.460 bits per heavy atom. The fourth-order valence-corrected chi connectivity index (χ4v) is 8.49. The van der Waals surface area contributed by atoms with Gasteiger partial charge in [-0.3, -0.25) is 0 Å². The predicted octanol–water partition coefficient (Wildman–Crippen LogP) is 12.4. The molecule has 0 radical (unpaired) electrons. The molecule has 0 amide bonds. The van der Waals surface area contributed by atoms with Gasteiger partial charge >= 0.3 is 0 Å². The highest BCUT2D eigenvalue weighted by molar-refractivity contribution is 7.26. The van der Waals surface area contributed by atoms with Gasteiger partial charge in [-0.05, 0) is 57.4 Å². The Labute approximate surface area is 296 Å². The fourth-order valence-electron chi connectivity index (χ4n) is 7.12. The van der Waals surface area contributed by atoms with Gasteiger partial charge in [-0.25, -0.2) is 15.0 Å². The maximum atomic E-state index is 4.99. The number of thiophene rings is 1. The summed E-state index contributed by atoms with van der Waals surface area (Å²) in [4.78, 5) is 14.9. The minimum absolute atomic E-state index is 0.288. The van der Waals surface area contributed by atoms with Crippen molar-refractivity contribution >= 4 is 42.7 Å². The second-order valence-electron chi connectivity index (χ2n) is 12.9. The zero-order valence-corrected chi connectivity index (χ0v) is 28.4. The van der Waals surface area contributed by atoms with Crippen molar-refractivity contribution in [3.05, 3.63) is 175 Å². The van der Waals surface area contributed by atoms with E-state index in [1.165, 1.54) is 53.6 Å². The Balaban J connectivity index is 1.10. The van der Waals surface area contributed by atoms with Gasteiger partial charge in [0.1, 0.15) is 0 Å². The van der Waals surface area contributed by atoms with Gasteiger partial charge in [-0.2, -0.15) is 0 Å². The van der Waals surface area contributed by atoms with E-state index in [9.17, 15) is 0 Å². The van der Waals surface area contributed by atoms with Crippen molar-refractivity contribution in [2.24, 2.45) is 5.92 Å². The highest BCUT2D eigenvalue weighted by atomic mass is 32.1. The number of hydrogen-bond donors (Lipinski definition) is 0. The zero-order valence-electron chi connectivity index (χ0n) is 27.6. The molecular weight excluding hydrogens is 627 g/mol. The van der Waals surface area contributed by atoms with Crippen molar-refractivity contribution in [2.45, 2.75) is 13.3 Å². The van der Waals surface area contributed by atoms with Gasteiger partial charge in [0.2, 0.25) is 0 Å². The Kier molecular flexibility index (Phi) is 7.72. The highest BCUT2D eigenvalue weighted by Gasteiger charge is 2.22. The van der Waals surface area contributed by atoms with E-state index in [4.69, 9.17) is 15.0 Å². The Hall–Kier alpha value is -5.97. The Morgan fingerprint density at radius 2 is 0.940 bits per heavy atom. The third-order valence-electron chi connectivity index (χ3n) is 9.62. The first-order chi connectivity index (χ1) is 24.7. The molecule has 0 aliphatic heterocycles. The molecule has 0 spiro atoms. The average Bonchev–Trinajstić information content (AvgIpc) is 3.58. The van der Waals surface area contributed by atoms with Crippen molar-refractivity contribution < 1.29 is 0 Å². The molecule has 1 unspecified atom stereocenters. The van der Waals surface area contributed by atoms with E-state index in [0.717, 1.165) is 28.9 Å². The molecule has 2 heterocycles. The van der Waals surface area contributed by atoms with Crippen LogP contribution in [0.25, 0.3) is 76.3 Å². The van der Waals surface area contributed by atoms with Gasteiger partial charge in [-0.1, -0.05) is 165 Å². The van der Waals surface area contributed by atoms with Crippen LogP contribution in [0.2, 0.25) is 0 Å². The minimum atomic E-state index is 0.288. The third-order valence-corrected chi connectivity index (χ3v) is 10.9. The summed E-state index contributed by atoms with van der Waals surface area (Å²) in [5, 5.41) is 2.63. The number of fused-ring (bicyclic) bond motifs is 3. The average molecular weight is 660 g/mol. The molecule has 6 aromatic carbocycles. The molecule has 9 rings (SSSR count). The molecule has 0 N–H and O–H groups in total. The molecule has 4 heteroatoms. The van der Waals surface area contributed by atoms with Gasteiger partial charge in [0, 0.05) is 31.3 Å². The van der Waals surface area contributed by atoms with Crippen molar-refractivity contribution in [2.75, 3.05) is 0 Å². The van der Waals surface area contributed by atoms with Gasteiger partial charge in [-0.15, -0.1) is 11.3 Å². The summed E-state index contributed by atoms with van der Waals surface area (Å²) in [6.07, 6.45) is 5.32. The molecule has 0 saturated carbocycles. The van der Waals surface area contributed by atoms with Crippen molar-refractivity contribution in [1.29, 1.82) is 0 Å². The molecule has 1 aliphatic rings. The maximum absolute atomic E-state index is 4.99. The van der Waals surface area contributed by atoms with Crippen LogP contribution in [-0.4, -0.2) is 15.0 Å². The lowest BCUT2D eigenvalue weighted by Gasteiger charge is -2.22. The quantitative estimate of drug-likeness (QED) is 0.178. The molecule has 3 nitrogen and oxygen atoms in total. The number of nitrogens with zero attached hydrogens (tertiary/aromatic N) is 3. The van der Waals surface area contributed by atoms with Crippen LogP contribution in [0.3, 0.4) is 0 Å². The van der Waals surface area contributed by atoms with E-state index >= 15 is 0 Å². The number of rotatable bonds is 6. The first-order valence-corrected chi connectivity index (χ1v) is 17.9. The van der Waals surface area contributed by atoms with Crippen molar-refractivity contribution in [3.63, 3.8) is 0 Å². The molecule has 1 atom stereocenters. The SMILES string of the molecule is CC1CC(c2nc(-c3ccccc3)nc(-c3ccccc3)n2)=CC=C1c1cccc(-c2cccc3c2sc2c(-c4ccccc4)cccc23)c1. The number of benzene rings is 6. The summed E-state index contributed by atoms with van der Waals surface area (Å²) >= 11 is 1.90.